The first-order chi connectivity index (χ1) is 14.7. The van der Waals surface area contributed by atoms with Crippen molar-refractivity contribution in [3.8, 4) is 11.5 Å². The van der Waals surface area contributed by atoms with Crippen LogP contribution in [0.1, 0.15) is 18.1 Å². The smallest absolute Gasteiger partial charge is 0.326 e. The fraction of sp³-hybridized carbons (Fsp3) is 0.318. The third kappa shape index (κ3) is 5.80. The number of carboxylic acids is 1. The van der Waals surface area contributed by atoms with Crippen molar-refractivity contribution in [2.24, 2.45) is 5.73 Å². The Balaban J connectivity index is 1.96. The van der Waals surface area contributed by atoms with Gasteiger partial charge in [-0.2, -0.15) is 0 Å². The lowest BCUT2D eigenvalue weighted by molar-refractivity contribution is -0.142. The number of benzene rings is 2. The molecule has 0 fully saturated rings. The Morgan fingerprint density at radius 2 is 1.74 bits per heavy atom. The maximum absolute atomic E-state index is 12.7. The molecule has 0 saturated carbocycles. The van der Waals surface area contributed by atoms with Gasteiger partial charge in [0, 0.05) is 6.42 Å². The number of nitrogens with two attached hydrogens (primary N) is 1. The van der Waals surface area contributed by atoms with Crippen LogP contribution in [0.25, 0.3) is 0 Å². The molecule has 6 N–H and O–H groups in total. The van der Waals surface area contributed by atoms with Gasteiger partial charge in [0.2, 0.25) is 11.8 Å². The summed E-state index contributed by atoms with van der Waals surface area (Å²) in [5.74, 6) is -1.58. The molecule has 2 aliphatic rings. The van der Waals surface area contributed by atoms with Crippen LogP contribution in [0.4, 0.5) is 0 Å². The van der Waals surface area contributed by atoms with Crippen LogP contribution in [0.5, 0.6) is 11.5 Å². The number of hydrogen-bond donors (Lipinski definition) is 5. The number of ether oxygens (including phenoxy) is 1. The maximum Gasteiger partial charge on any atom is 0.326 e. The Hall–Kier alpha value is -3.43. The molecule has 2 aliphatic heterocycles. The van der Waals surface area contributed by atoms with Crippen molar-refractivity contribution < 1.29 is 29.3 Å². The lowest BCUT2D eigenvalue weighted by Crippen LogP contribution is -2.58. The van der Waals surface area contributed by atoms with Crippen molar-refractivity contribution in [1.29, 1.82) is 0 Å². The maximum atomic E-state index is 12.7. The number of carbonyl (C=O) groups is 3. The fourth-order valence-corrected chi connectivity index (χ4v) is 3.28. The minimum Gasteiger partial charge on any atom is -0.480 e. The summed E-state index contributed by atoms with van der Waals surface area (Å²) in [6.07, 6.45) is -1.08. The summed E-state index contributed by atoms with van der Waals surface area (Å²) in [7, 11) is 0. The minimum absolute atomic E-state index is 0.0107. The van der Waals surface area contributed by atoms with E-state index >= 15 is 0 Å². The van der Waals surface area contributed by atoms with Crippen LogP contribution >= 0.6 is 0 Å². The summed E-state index contributed by atoms with van der Waals surface area (Å²) in [5, 5.41) is 24.3. The van der Waals surface area contributed by atoms with Gasteiger partial charge >= 0.3 is 5.97 Å². The van der Waals surface area contributed by atoms with Crippen molar-refractivity contribution in [2.75, 3.05) is 0 Å². The van der Waals surface area contributed by atoms with Crippen LogP contribution in [0.15, 0.2) is 48.5 Å². The van der Waals surface area contributed by atoms with E-state index in [2.05, 4.69) is 10.6 Å². The zero-order chi connectivity index (χ0) is 22.5. The summed E-state index contributed by atoms with van der Waals surface area (Å²) in [6, 6.07) is 10.3. The van der Waals surface area contributed by atoms with E-state index in [4.69, 9.17) is 10.5 Å². The van der Waals surface area contributed by atoms with Crippen LogP contribution < -0.4 is 21.1 Å². The quantitative estimate of drug-likeness (QED) is 0.464. The van der Waals surface area contributed by atoms with E-state index in [-0.39, 0.29) is 12.8 Å². The van der Waals surface area contributed by atoms with Crippen LogP contribution in [-0.2, 0) is 27.2 Å². The Labute approximate surface area is 179 Å². The second kappa shape index (κ2) is 9.59. The molecule has 9 nitrogen and oxygen atoms in total. The minimum atomic E-state index is -1.35. The predicted molar refractivity (Wildman–Crippen MR) is 112 cm³/mol. The normalized spacial score (nSPS) is 23.1. The van der Waals surface area contributed by atoms with Gasteiger partial charge in [0.05, 0.1) is 12.1 Å². The average molecular weight is 427 g/mol. The van der Waals surface area contributed by atoms with Crippen molar-refractivity contribution in [1.82, 2.24) is 10.6 Å². The van der Waals surface area contributed by atoms with Gasteiger partial charge in [-0.15, -0.1) is 0 Å². The number of nitrogens with one attached hydrogen (secondary N) is 2. The van der Waals surface area contributed by atoms with E-state index in [1.54, 1.807) is 48.5 Å². The lowest BCUT2D eigenvalue weighted by atomic mass is 10.0. The van der Waals surface area contributed by atoms with E-state index < -0.39 is 42.0 Å². The molecule has 4 rings (SSSR count). The molecule has 0 aliphatic carbocycles. The number of rotatable bonds is 2. The Morgan fingerprint density at radius 3 is 2.39 bits per heavy atom. The topological polar surface area (TPSA) is 151 Å². The zero-order valence-electron chi connectivity index (χ0n) is 16.9. The molecule has 0 radical (unpaired) electrons. The molecule has 0 spiro atoms. The molecular weight excluding hydrogens is 402 g/mol. The Morgan fingerprint density at radius 1 is 1.03 bits per heavy atom. The highest BCUT2D eigenvalue weighted by Gasteiger charge is 2.31. The van der Waals surface area contributed by atoms with E-state index in [1.807, 2.05) is 0 Å². The average Bonchev–Trinajstić information content (AvgIpc) is 2.72. The summed E-state index contributed by atoms with van der Waals surface area (Å²) >= 11 is 0. The van der Waals surface area contributed by atoms with E-state index in [0.29, 0.717) is 17.1 Å². The molecule has 164 valence electrons. The van der Waals surface area contributed by atoms with Crippen molar-refractivity contribution in [3.05, 3.63) is 59.7 Å². The Bertz CT molecular complexity index is 960. The van der Waals surface area contributed by atoms with E-state index in [1.165, 1.54) is 6.92 Å². The van der Waals surface area contributed by atoms with Crippen LogP contribution in [-0.4, -0.2) is 52.2 Å². The van der Waals surface area contributed by atoms with Gasteiger partial charge in [-0.3, -0.25) is 9.59 Å². The highest BCUT2D eigenvalue weighted by atomic mass is 16.5. The SMILES string of the molecule is C[C@@H](O)[C@@H]1NC(=O)[C@@H](N)Cc2cccc(c2)Oc2ccc(cc2)C[C@@H](C(=O)O)NC1=O. The monoisotopic (exact) mass is 427 g/mol. The second-order valence-electron chi connectivity index (χ2n) is 7.53. The molecule has 4 bridgehead atoms. The number of carbonyl (C=O) groups excluding carboxylic acids is 2. The van der Waals surface area contributed by atoms with Gasteiger partial charge in [-0.05, 0) is 48.7 Å². The lowest BCUT2D eigenvalue weighted by Gasteiger charge is -2.24. The molecule has 0 saturated heterocycles. The first kappa shape index (κ1) is 22.3. The number of aliphatic hydroxyl groups is 1. The highest BCUT2D eigenvalue weighted by molar-refractivity contribution is 5.92. The van der Waals surface area contributed by atoms with Gasteiger partial charge in [0.25, 0.3) is 0 Å². The van der Waals surface area contributed by atoms with Gasteiger partial charge in [0.15, 0.2) is 0 Å². The fourth-order valence-electron chi connectivity index (χ4n) is 3.28. The van der Waals surface area contributed by atoms with Gasteiger partial charge in [-0.25, -0.2) is 4.79 Å². The highest BCUT2D eigenvalue weighted by Crippen LogP contribution is 2.23. The van der Waals surface area contributed by atoms with Crippen LogP contribution in [0.2, 0.25) is 0 Å². The molecular formula is C22H25N3O6. The van der Waals surface area contributed by atoms with Crippen molar-refractivity contribution >= 4 is 17.8 Å². The van der Waals surface area contributed by atoms with Crippen molar-refractivity contribution in [3.63, 3.8) is 0 Å². The van der Waals surface area contributed by atoms with Crippen LogP contribution in [0, 0.1) is 0 Å². The standard InChI is InChI=1S/C22H25N3O6/c1-12(26)19-21(28)24-18(22(29)30)11-13-5-7-15(8-6-13)31-16-4-2-3-14(9-16)10-17(23)20(27)25-19/h2-9,12,17-19,26H,10-11,23H2,1H3,(H,24,28)(H,25,27)(H,29,30)/t12-,17+,18+,19+/m1/s1. The zero-order valence-corrected chi connectivity index (χ0v) is 16.9. The molecule has 0 unspecified atom stereocenters. The van der Waals surface area contributed by atoms with Gasteiger partial charge < -0.3 is 31.3 Å². The number of carboxylic acid groups (broad SMARTS) is 1. The van der Waals surface area contributed by atoms with Crippen LogP contribution in [0.3, 0.4) is 0 Å². The number of hydrogen-bond acceptors (Lipinski definition) is 6. The Kier molecular flexibility index (Phi) is 6.88. The number of fused-ring (bicyclic) bond motifs is 10. The summed E-state index contributed by atoms with van der Waals surface area (Å²) in [4.78, 5) is 36.9. The molecule has 4 atom stereocenters. The number of amides is 2. The predicted octanol–water partition coefficient (Wildman–Crippen LogP) is 0.340. The number of aliphatic hydroxyl groups excluding tert-OH is 1. The molecule has 2 aromatic rings. The van der Waals surface area contributed by atoms with Gasteiger partial charge in [0.1, 0.15) is 23.6 Å². The summed E-state index contributed by atoms with van der Waals surface area (Å²) in [6.45, 7) is 1.33. The third-order valence-corrected chi connectivity index (χ3v) is 4.97. The molecule has 0 aromatic heterocycles. The van der Waals surface area contributed by atoms with E-state index in [0.717, 1.165) is 5.56 Å². The third-order valence-electron chi connectivity index (χ3n) is 4.97. The number of aliphatic carboxylic acids is 1. The summed E-state index contributed by atoms with van der Waals surface area (Å²) < 4.78 is 5.84. The molecule has 2 heterocycles. The molecule has 9 heteroatoms. The molecule has 31 heavy (non-hydrogen) atoms. The second-order valence-corrected chi connectivity index (χ2v) is 7.53. The van der Waals surface area contributed by atoms with E-state index in [9.17, 15) is 24.6 Å². The molecule has 2 aromatic carbocycles. The van der Waals surface area contributed by atoms with Gasteiger partial charge in [-0.1, -0.05) is 24.3 Å². The first-order valence-electron chi connectivity index (χ1n) is 9.86. The van der Waals surface area contributed by atoms with Crippen molar-refractivity contribution in [2.45, 2.75) is 44.0 Å². The molecule has 2 amide bonds. The largest absolute Gasteiger partial charge is 0.480 e. The first-order valence-corrected chi connectivity index (χ1v) is 9.86. The summed E-state index contributed by atoms with van der Waals surface area (Å²) in [5.41, 5.74) is 7.42.